The van der Waals surface area contributed by atoms with Crippen molar-refractivity contribution in [1.82, 2.24) is 14.1 Å². The minimum Gasteiger partial charge on any atom is -0.479 e. The first-order chi connectivity index (χ1) is 22.9. The Morgan fingerprint density at radius 2 is 1.59 bits per heavy atom. The van der Waals surface area contributed by atoms with Crippen molar-refractivity contribution in [2.45, 2.75) is 39.2 Å². The number of fused-ring (bicyclic) bond motifs is 1. The number of carbonyl (C=O) groups is 2. The molecule has 49 heavy (non-hydrogen) atoms. The standard InChI is InChI=1S/C16H14ClF3N2O4.C16H12ClNO5/c1-8(2)26-14(24)10-6-9(4-5-11(10)17)22-13(23)7-12(16(18,19)20)21(3)15(22)25;1-9(15(19)20)21-11-3-5-12(6-4-11)22-16-18-13-7-2-10(17)8-14(13)23-16/h4-8H,1-3H3;2-9H,1H3,(H,19,20). The SMILES string of the molecule is CC(C)OC(=O)c1cc(-n2c(=O)cc(C(F)(F)F)n(C)c2=O)ccc1Cl.CC(Oc1ccc(Oc2nc3ccc(Cl)cc3o2)cc1)C(=O)O. The molecule has 0 saturated carbocycles. The van der Waals surface area contributed by atoms with E-state index in [-0.39, 0.29) is 22.4 Å². The molecule has 17 heteroatoms. The molecule has 0 bridgehead atoms. The average Bonchev–Trinajstić information content (AvgIpc) is 3.41. The number of hydrogen-bond acceptors (Lipinski definition) is 9. The topological polar surface area (TPSA) is 152 Å². The van der Waals surface area contributed by atoms with Gasteiger partial charge in [-0.3, -0.25) is 9.36 Å². The van der Waals surface area contributed by atoms with Crippen LogP contribution in [0.25, 0.3) is 16.8 Å². The fourth-order valence-electron chi connectivity index (χ4n) is 4.08. The monoisotopic (exact) mass is 723 g/mol. The molecule has 1 unspecified atom stereocenters. The summed E-state index contributed by atoms with van der Waals surface area (Å²) in [6, 6.07) is 15.5. The maximum absolute atomic E-state index is 12.9. The van der Waals surface area contributed by atoms with E-state index in [0.717, 1.165) is 13.1 Å². The Labute approximate surface area is 284 Å². The summed E-state index contributed by atoms with van der Waals surface area (Å²) in [5.74, 6) is -0.909. The molecule has 258 valence electrons. The molecule has 2 aromatic heterocycles. The molecule has 5 rings (SSSR count). The van der Waals surface area contributed by atoms with Crippen molar-refractivity contribution in [1.29, 1.82) is 0 Å². The van der Waals surface area contributed by atoms with Gasteiger partial charge in [-0.2, -0.15) is 18.2 Å². The molecular formula is C32H26Cl2F3N3O9. The number of hydrogen-bond donors (Lipinski definition) is 1. The molecule has 0 aliphatic carbocycles. The second-order valence-electron chi connectivity index (χ2n) is 10.4. The van der Waals surface area contributed by atoms with Gasteiger partial charge in [0, 0.05) is 24.2 Å². The summed E-state index contributed by atoms with van der Waals surface area (Å²) in [6.07, 6.45) is -6.14. The van der Waals surface area contributed by atoms with E-state index in [9.17, 15) is 32.3 Å². The molecule has 0 saturated heterocycles. The second-order valence-corrected chi connectivity index (χ2v) is 11.3. The van der Waals surface area contributed by atoms with E-state index in [1.807, 2.05) is 0 Å². The van der Waals surface area contributed by atoms with E-state index >= 15 is 0 Å². The molecule has 0 fully saturated rings. The lowest BCUT2D eigenvalue weighted by atomic mass is 10.2. The first-order valence-corrected chi connectivity index (χ1v) is 14.8. The van der Waals surface area contributed by atoms with Crippen LogP contribution < -0.4 is 20.7 Å². The molecule has 0 aliphatic heterocycles. The highest BCUT2D eigenvalue weighted by atomic mass is 35.5. The number of rotatable bonds is 8. The first-order valence-electron chi connectivity index (χ1n) is 14.1. The minimum atomic E-state index is -4.86. The molecule has 0 radical (unpaired) electrons. The van der Waals surface area contributed by atoms with Gasteiger partial charge < -0.3 is 23.7 Å². The summed E-state index contributed by atoms with van der Waals surface area (Å²) in [7, 11) is 0.894. The van der Waals surface area contributed by atoms with Gasteiger partial charge in [-0.25, -0.2) is 19.0 Å². The number of carboxylic acid groups (broad SMARTS) is 1. The third-order valence-electron chi connectivity index (χ3n) is 6.40. The zero-order valence-electron chi connectivity index (χ0n) is 26.0. The van der Waals surface area contributed by atoms with Gasteiger partial charge >= 0.3 is 29.9 Å². The first kappa shape index (κ1) is 36.6. The Morgan fingerprint density at radius 1 is 0.939 bits per heavy atom. The third kappa shape index (κ3) is 9.00. The summed E-state index contributed by atoms with van der Waals surface area (Å²) in [5, 5.41) is 9.36. The average molecular weight is 724 g/mol. The zero-order valence-corrected chi connectivity index (χ0v) is 27.5. The third-order valence-corrected chi connectivity index (χ3v) is 6.97. The van der Waals surface area contributed by atoms with E-state index in [4.69, 9.17) is 46.9 Å². The van der Waals surface area contributed by atoms with Crippen molar-refractivity contribution >= 4 is 46.2 Å². The van der Waals surface area contributed by atoms with Crippen LogP contribution in [0.15, 0.2) is 80.7 Å². The Morgan fingerprint density at radius 3 is 2.20 bits per heavy atom. The fraction of sp³-hybridized carbons (Fsp3) is 0.219. The van der Waals surface area contributed by atoms with E-state index in [1.54, 1.807) is 56.3 Å². The second kappa shape index (κ2) is 14.9. The summed E-state index contributed by atoms with van der Waals surface area (Å²) in [5.41, 5.74) is -2.84. The van der Waals surface area contributed by atoms with Crippen LogP contribution in [-0.4, -0.2) is 43.4 Å². The van der Waals surface area contributed by atoms with Gasteiger partial charge in [0.25, 0.3) is 5.56 Å². The smallest absolute Gasteiger partial charge is 0.431 e. The van der Waals surface area contributed by atoms with Crippen LogP contribution in [0.1, 0.15) is 36.8 Å². The summed E-state index contributed by atoms with van der Waals surface area (Å²) in [4.78, 5) is 51.4. The minimum absolute atomic E-state index is 0.0104. The van der Waals surface area contributed by atoms with Crippen LogP contribution in [0.2, 0.25) is 10.0 Å². The normalized spacial score (nSPS) is 11.9. The molecule has 5 aromatic rings. The Balaban J connectivity index is 0.000000222. The fourth-order valence-corrected chi connectivity index (χ4v) is 4.44. The van der Waals surface area contributed by atoms with E-state index < -0.39 is 47.3 Å². The molecule has 1 atom stereocenters. The molecular weight excluding hydrogens is 698 g/mol. The number of oxazole rings is 1. The molecule has 0 aliphatic rings. The lowest BCUT2D eigenvalue weighted by molar-refractivity contribution is -0.144. The van der Waals surface area contributed by atoms with Crippen molar-refractivity contribution in [3.63, 3.8) is 0 Å². The van der Waals surface area contributed by atoms with Gasteiger partial charge in [0.2, 0.25) is 0 Å². The molecule has 0 spiro atoms. The van der Waals surface area contributed by atoms with Gasteiger partial charge in [-0.15, -0.1) is 0 Å². The highest BCUT2D eigenvalue weighted by molar-refractivity contribution is 6.33. The molecule has 1 N–H and O–H groups in total. The van der Waals surface area contributed by atoms with E-state index in [2.05, 4.69) is 4.98 Å². The Bertz CT molecular complexity index is 2130. The zero-order chi connectivity index (χ0) is 36.2. The molecule has 2 heterocycles. The summed E-state index contributed by atoms with van der Waals surface area (Å²) in [6.45, 7) is 4.69. The van der Waals surface area contributed by atoms with Gasteiger partial charge in [-0.1, -0.05) is 23.2 Å². The van der Waals surface area contributed by atoms with Crippen LogP contribution in [-0.2, 0) is 22.8 Å². The quantitative estimate of drug-likeness (QED) is 0.167. The maximum Gasteiger partial charge on any atom is 0.431 e. The maximum atomic E-state index is 12.9. The van der Waals surface area contributed by atoms with Crippen molar-refractivity contribution in [2.75, 3.05) is 0 Å². The number of benzene rings is 3. The van der Waals surface area contributed by atoms with Crippen LogP contribution in [0, 0.1) is 0 Å². The van der Waals surface area contributed by atoms with Crippen LogP contribution in [0.4, 0.5) is 13.2 Å². The molecule has 3 aromatic carbocycles. The van der Waals surface area contributed by atoms with Gasteiger partial charge in [0.1, 0.15) is 22.7 Å². The number of halogens is 5. The number of nitrogens with zero attached hydrogens (tertiary/aromatic N) is 3. The van der Waals surface area contributed by atoms with Crippen LogP contribution in [0.3, 0.4) is 0 Å². The van der Waals surface area contributed by atoms with Crippen molar-refractivity contribution in [3.8, 4) is 23.3 Å². The van der Waals surface area contributed by atoms with Crippen molar-refractivity contribution in [2.24, 2.45) is 7.05 Å². The number of aromatic nitrogens is 3. The van der Waals surface area contributed by atoms with Crippen LogP contribution in [0.5, 0.6) is 17.6 Å². The lowest BCUT2D eigenvalue weighted by Crippen LogP contribution is -2.40. The number of carbonyl (C=O) groups excluding carboxylic acids is 1. The van der Waals surface area contributed by atoms with Crippen molar-refractivity contribution < 1.29 is 46.5 Å². The van der Waals surface area contributed by atoms with Gasteiger partial charge in [0.15, 0.2) is 11.7 Å². The number of aliphatic carboxylic acids is 1. The largest absolute Gasteiger partial charge is 0.479 e. The molecule has 0 amide bonds. The molecule has 12 nitrogen and oxygen atoms in total. The predicted octanol–water partition coefficient (Wildman–Crippen LogP) is 6.90. The Hall–Kier alpha value is -5.28. The number of ether oxygens (including phenoxy) is 3. The number of alkyl halides is 3. The van der Waals surface area contributed by atoms with Gasteiger partial charge in [0.05, 0.1) is 22.4 Å². The highest BCUT2D eigenvalue weighted by Crippen LogP contribution is 2.29. The number of esters is 1. The summed E-state index contributed by atoms with van der Waals surface area (Å²) < 4.78 is 60.7. The van der Waals surface area contributed by atoms with Gasteiger partial charge in [-0.05, 0) is 75.4 Å². The Kier molecular flexibility index (Phi) is 11.1. The summed E-state index contributed by atoms with van der Waals surface area (Å²) >= 11 is 11.8. The lowest BCUT2D eigenvalue weighted by Gasteiger charge is -2.15. The van der Waals surface area contributed by atoms with Crippen molar-refractivity contribution in [3.05, 3.63) is 109 Å². The highest BCUT2D eigenvalue weighted by Gasteiger charge is 2.35. The van der Waals surface area contributed by atoms with Crippen LogP contribution >= 0.6 is 23.2 Å². The van der Waals surface area contributed by atoms with E-state index in [0.29, 0.717) is 42.8 Å². The number of carboxylic acids is 1. The van der Waals surface area contributed by atoms with E-state index in [1.165, 1.54) is 19.1 Å². The predicted molar refractivity (Wildman–Crippen MR) is 171 cm³/mol.